The fourth-order valence-corrected chi connectivity index (χ4v) is 10.3. The Bertz CT molecular complexity index is 1600. The largest absolute Gasteiger partial charge is 0.296 e. The highest BCUT2D eigenvalue weighted by Gasteiger charge is 2.48. The zero-order valence-electron chi connectivity index (χ0n) is 41.5. The predicted octanol–water partition coefficient (Wildman–Crippen LogP) is 12.7. The lowest BCUT2D eigenvalue weighted by molar-refractivity contribution is -0.128. The van der Waals surface area contributed by atoms with Gasteiger partial charge in [-0.25, -0.2) is 0 Å². The van der Waals surface area contributed by atoms with Gasteiger partial charge in [-0.1, -0.05) is 210 Å². The molecule has 4 rings (SSSR count). The zero-order chi connectivity index (χ0) is 47.5. The van der Waals surface area contributed by atoms with Crippen LogP contribution in [0.3, 0.4) is 0 Å². The monoisotopic (exact) mass is 910 g/mol. The Balaban J connectivity index is 1.60. The van der Waals surface area contributed by atoms with Crippen molar-refractivity contribution in [1.29, 1.82) is 0 Å². The van der Waals surface area contributed by atoms with Gasteiger partial charge in [0.25, 0.3) is 0 Å². The van der Waals surface area contributed by atoms with Crippen molar-refractivity contribution in [2.24, 2.45) is 16.2 Å². The minimum atomic E-state index is -1.09. The SMILES string of the molecule is CCCCCCCCCCC=CC1(Cc2cc(CC3(C=CCCCCCCCCCC)CC(=O)NC3=O)cc(CC3(C=CCCCCCCCCCC)CC(=O)NC3=O)c2)CC(=O)NC1=O. The molecule has 366 valence electrons. The first-order chi connectivity index (χ1) is 32.0. The molecule has 1 aromatic rings. The number of carbonyl (C=O) groups is 6. The zero-order valence-corrected chi connectivity index (χ0v) is 41.5. The van der Waals surface area contributed by atoms with Crippen LogP contribution in [0.5, 0.6) is 0 Å². The molecule has 0 aliphatic carbocycles. The van der Waals surface area contributed by atoms with Gasteiger partial charge in [0.15, 0.2) is 0 Å². The minimum Gasteiger partial charge on any atom is -0.296 e. The highest BCUT2D eigenvalue weighted by molar-refractivity contribution is 6.08. The fourth-order valence-electron chi connectivity index (χ4n) is 10.3. The standard InChI is InChI=1S/C57H87N3O6/c1-4-7-10-13-16-19-22-25-28-31-34-55(43-49(61)58-52(55)64)40-46-37-47(41-56(44-50(62)59-53(56)65)35-32-29-26-23-20-17-14-11-8-5-2)39-48(38-46)42-57(45-51(63)60-54(57)66)36-33-30-27-24-21-18-15-12-9-6-3/h31-39H,4-30,40-45H2,1-3H3,(H,58,61,64)(H,59,62,65)(H,60,63,66). The molecule has 3 heterocycles. The summed E-state index contributed by atoms with van der Waals surface area (Å²) in [6.07, 6.45) is 44.2. The van der Waals surface area contributed by atoms with Crippen molar-refractivity contribution >= 4 is 35.4 Å². The van der Waals surface area contributed by atoms with Crippen LogP contribution in [0, 0.1) is 16.2 Å². The van der Waals surface area contributed by atoms with E-state index in [2.05, 4.69) is 54.9 Å². The Morgan fingerprint density at radius 1 is 0.364 bits per heavy atom. The lowest BCUT2D eigenvalue weighted by Gasteiger charge is -2.26. The van der Waals surface area contributed by atoms with Crippen molar-refractivity contribution in [1.82, 2.24) is 16.0 Å². The summed E-state index contributed by atoms with van der Waals surface area (Å²) >= 11 is 0. The van der Waals surface area contributed by atoms with E-state index >= 15 is 0 Å². The van der Waals surface area contributed by atoms with Crippen molar-refractivity contribution in [2.45, 2.75) is 233 Å². The summed E-state index contributed by atoms with van der Waals surface area (Å²) in [5.41, 5.74) is -0.861. The molecule has 6 amide bonds. The molecule has 0 aromatic heterocycles. The fraction of sp³-hybridized carbons (Fsp3) is 0.684. The van der Waals surface area contributed by atoms with Gasteiger partial charge in [0.2, 0.25) is 35.4 Å². The summed E-state index contributed by atoms with van der Waals surface area (Å²) < 4.78 is 0. The first kappa shape index (κ1) is 54.5. The highest BCUT2D eigenvalue weighted by atomic mass is 16.2. The van der Waals surface area contributed by atoms with E-state index in [0.717, 1.165) is 74.5 Å². The topological polar surface area (TPSA) is 139 Å². The maximum absolute atomic E-state index is 13.8. The van der Waals surface area contributed by atoms with Gasteiger partial charge in [-0.3, -0.25) is 44.7 Å². The van der Waals surface area contributed by atoms with Gasteiger partial charge in [-0.15, -0.1) is 0 Å². The molecule has 3 N–H and O–H groups in total. The molecule has 0 bridgehead atoms. The van der Waals surface area contributed by atoms with E-state index in [1.54, 1.807) is 0 Å². The molecular weight excluding hydrogens is 823 g/mol. The van der Waals surface area contributed by atoms with E-state index < -0.39 is 16.2 Å². The van der Waals surface area contributed by atoms with E-state index in [0.29, 0.717) is 0 Å². The van der Waals surface area contributed by atoms with Crippen LogP contribution in [0.25, 0.3) is 0 Å². The molecule has 3 aliphatic rings. The van der Waals surface area contributed by atoms with Crippen molar-refractivity contribution in [2.75, 3.05) is 0 Å². The van der Waals surface area contributed by atoms with Crippen LogP contribution in [0.15, 0.2) is 54.7 Å². The molecule has 0 radical (unpaired) electrons. The van der Waals surface area contributed by atoms with E-state index in [1.807, 2.05) is 36.4 Å². The summed E-state index contributed by atoms with van der Waals surface area (Å²) in [4.78, 5) is 79.9. The van der Waals surface area contributed by atoms with Crippen LogP contribution < -0.4 is 16.0 Å². The van der Waals surface area contributed by atoms with Crippen LogP contribution in [0.2, 0.25) is 0 Å². The lowest BCUT2D eigenvalue weighted by atomic mass is 9.74. The number of allylic oxidation sites excluding steroid dienone is 3. The summed E-state index contributed by atoms with van der Waals surface area (Å²) in [5.74, 6) is -1.90. The average molecular weight is 910 g/mol. The molecule has 3 saturated heterocycles. The number of benzene rings is 1. The van der Waals surface area contributed by atoms with Crippen molar-refractivity contribution in [3.63, 3.8) is 0 Å². The van der Waals surface area contributed by atoms with Crippen LogP contribution in [-0.4, -0.2) is 35.4 Å². The van der Waals surface area contributed by atoms with Gasteiger partial charge in [-0.2, -0.15) is 0 Å². The number of hydrogen-bond donors (Lipinski definition) is 3. The Hall–Kier alpha value is -4.14. The summed E-state index contributed by atoms with van der Waals surface area (Å²) in [6, 6.07) is 6.01. The molecule has 3 aliphatic heterocycles. The number of amides is 6. The van der Waals surface area contributed by atoms with Gasteiger partial charge >= 0.3 is 0 Å². The number of imide groups is 3. The molecule has 3 unspecified atom stereocenters. The number of rotatable bonds is 36. The second-order valence-corrected chi connectivity index (χ2v) is 20.3. The Kier molecular flexibility index (Phi) is 24.4. The summed E-state index contributed by atoms with van der Waals surface area (Å²) in [5, 5.41) is 7.71. The number of unbranched alkanes of at least 4 members (excludes halogenated alkanes) is 24. The normalized spacial score (nSPS) is 22.2. The maximum Gasteiger partial charge on any atom is 0.237 e. The molecule has 3 fully saturated rings. The van der Waals surface area contributed by atoms with Crippen molar-refractivity contribution < 1.29 is 28.8 Å². The smallest absolute Gasteiger partial charge is 0.237 e. The molecule has 0 saturated carbocycles. The number of nitrogens with one attached hydrogen (secondary N) is 3. The van der Waals surface area contributed by atoms with Gasteiger partial charge < -0.3 is 0 Å². The first-order valence-corrected chi connectivity index (χ1v) is 26.7. The predicted molar refractivity (Wildman–Crippen MR) is 267 cm³/mol. The summed E-state index contributed by atoms with van der Waals surface area (Å²) in [7, 11) is 0. The number of carbonyl (C=O) groups excluding carboxylic acids is 6. The van der Waals surface area contributed by atoms with Crippen molar-refractivity contribution in [3.05, 3.63) is 71.3 Å². The van der Waals surface area contributed by atoms with Crippen LogP contribution in [0.1, 0.15) is 230 Å². The molecule has 1 aromatic carbocycles. The molecule has 9 heteroatoms. The van der Waals surface area contributed by atoms with Gasteiger partial charge in [0.05, 0.1) is 16.2 Å². The Morgan fingerprint density at radius 3 is 0.803 bits per heavy atom. The third-order valence-corrected chi connectivity index (χ3v) is 14.2. The van der Waals surface area contributed by atoms with E-state index in [-0.39, 0.29) is 74.0 Å². The quantitative estimate of drug-likeness (QED) is 0.0348. The molecular formula is C57H87N3O6. The lowest BCUT2D eigenvalue weighted by Crippen LogP contribution is -2.33. The Morgan fingerprint density at radius 2 is 0.591 bits per heavy atom. The van der Waals surface area contributed by atoms with Gasteiger partial charge in [0.1, 0.15) is 0 Å². The second-order valence-electron chi connectivity index (χ2n) is 20.3. The molecule has 0 spiro atoms. The highest BCUT2D eigenvalue weighted by Crippen LogP contribution is 2.40. The molecule has 3 atom stereocenters. The molecule has 66 heavy (non-hydrogen) atoms. The average Bonchev–Trinajstić information content (AvgIpc) is 3.83. The third-order valence-electron chi connectivity index (χ3n) is 14.2. The first-order valence-electron chi connectivity index (χ1n) is 26.7. The van der Waals surface area contributed by atoms with E-state index in [1.165, 1.54) is 116 Å². The van der Waals surface area contributed by atoms with Crippen LogP contribution in [0.4, 0.5) is 0 Å². The van der Waals surface area contributed by atoms with Gasteiger partial charge in [0, 0.05) is 19.3 Å². The minimum absolute atomic E-state index is 0.0317. The van der Waals surface area contributed by atoms with E-state index in [4.69, 9.17) is 0 Å². The van der Waals surface area contributed by atoms with Crippen LogP contribution >= 0.6 is 0 Å². The van der Waals surface area contributed by atoms with E-state index in [9.17, 15) is 28.8 Å². The number of hydrogen-bond acceptors (Lipinski definition) is 6. The second kappa shape index (κ2) is 29.6. The van der Waals surface area contributed by atoms with Crippen LogP contribution in [-0.2, 0) is 48.0 Å². The summed E-state index contributed by atoms with van der Waals surface area (Å²) in [6.45, 7) is 6.69. The third kappa shape index (κ3) is 18.2. The van der Waals surface area contributed by atoms with Gasteiger partial charge in [-0.05, 0) is 74.5 Å². The maximum atomic E-state index is 13.8. The Labute approximate surface area is 399 Å². The van der Waals surface area contributed by atoms with Crippen molar-refractivity contribution in [3.8, 4) is 0 Å². The molecule has 9 nitrogen and oxygen atoms in total.